The van der Waals surface area contributed by atoms with E-state index in [4.69, 9.17) is 4.74 Å². The highest BCUT2D eigenvalue weighted by atomic mass is 79.9. The first kappa shape index (κ1) is 15.6. The Labute approximate surface area is 120 Å². The van der Waals surface area contributed by atoms with Crippen LogP contribution in [0.2, 0.25) is 0 Å². The van der Waals surface area contributed by atoms with Gasteiger partial charge in [-0.1, -0.05) is 55.0 Å². The summed E-state index contributed by atoms with van der Waals surface area (Å²) in [5.74, 6) is 1.03. The first-order valence-corrected chi connectivity index (χ1v) is 7.84. The maximum atomic E-state index is 5.86. The highest BCUT2D eigenvalue weighted by molar-refractivity contribution is 9.10. The van der Waals surface area contributed by atoms with Crippen LogP contribution >= 0.6 is 15.9 Å². The summed E-state index contributed by atoms with van der Waals surface area (Å²) in [5, 5.41) is 0. The number of rotatable bonds is 8. The lowest BCUT2D eigenvalue weighted by atomic mass is 10.1. The molecule has 1 rings (SSSR count). The van der Waals surface area contributed by atoms with E-state index in [1.54, 1.807) is 0 Å². The van der Waals surface area contributed by atoms with Crippen LogP contribution in [-0.4, -0.2) is 6.61 Å². The van der Waals surface area contributed by atoms with Crippen LogP contribution in [0.4, 0.5) is 0 Å². The Bertz CT molecular complexity index is 360. The zero-order valence-electron chi connectivity index (χ0n) is 11.9. The highest BCUT2D eigenvalue weighted by Crippen LogP contribution is 2.26. The Balaban J connectivity index is 2.25. The molecule has 0 bridgehead atoms. The van der Waals surface area contributed by atoms with E-state index in [-0.39, 0.29) is 0 Å². The topological polar surface area (TPSA) is 9.23 Å². The van der Waals surface area contributed by atoms with Gasteiger partial charge in [0.1, 0.15) is 5.75 Å². The minimum absolute atomic E-state index is 0.841. The van der Waals surface area contributed by atoms with E-state index in [2.05, 4.69) is 48.8 Å². The molecule has 1 aromatic carbocycles. The van der Waals surface area contributed by atoms with Crippen molar-refractivity contribution in [3.05, 3.63) is 27.7 Å². The predicted octanol–water partition coefficient (Wildman–Crippen LogP) is 5.81. The molecule has 0 aliphatic heterocycles. The molecule has 18 heavy (non-hydrogen) atoms. The van der Waals surface area contributed by atoms with Gasteiger partial charge in [0.25, 0.3) is 0 Å². The number of halogens is 1. The Kier molecular flexibility index (Phi) is 7.41. The van der Waals surface area contributed by atoms with Gasteiger partial charge in [-0.15, -0.1) is 0 Å². The van der Waals surface area contributed by atoms with E-state index in [1.165, 1.54) is 43.2 Å². The molecule has 0 aliphatic carbocycles. The highest BCUT2D eigenvalue weighted by Gasteiger charge is 2.03. The summed E-state index contributed by atoms with van der Waals surface area (Å²) in [6.07, 6.45) is 7.84. The molecule has 0 amide bonds. The van der Waals surface area contributed by atoms with Crippen molar-refractivity contribution in [2.75, 3.05) is 6.61 Å². The molecule has 0 radical (unpaired) electrons. The van der Waals surface area contributed by atoms with Crippen LogP contribution in [0.5, 0.6) is 5.75 Å². The first-order chi connectivity index (χ1) is 8.65. The zero-order chi connectivity index (χ0) is 13.4. The second kappa shape index (κ2) is 8.58. The van der Waals surface area contributed by atoms with Gasteiger partial charge in [-0.3, -0.25) is 0 Å². The molecule has 2 heteroatoms. The molecule has 0 fully saturated rings. The lowest BCUT2D eigenvalue weighted by Gasteiger charge is -2.11. The van der Waals surface area contributed by atoms with Crippen LogP contribution in [0, 0.1) is 13.8 Å². The van der Waals surface area contributed by atoms with Gasteiger partial charge in [0.2, 0.25) is 0 Å². The third-order valence-electron chi connectivity index (χ3n) is 3.21. The number of ether oxygens (including phenoxy) is 1. The number of aryl methyl sites for hydroxylation is 2. The van der Waals surface area contributed by atoms with E-state index in [0.29, 0.717) is 0 Å². The van der Waals surface area contributed by atoms with Crippen molar-refractivity contribution in [2.24, 2.45) is 0 Å². The summed E-state index contributed by atoms with van der Waals surface area (Å²) in [6, 6.07) is 4.25. The molecule has 0 atom stereocenters. The van der Waals surface area contributed by atoms with Crippen molar-refractivity contribution < 1.29 is 4.74 Å². The van der Waals surface area contributed by atoms with E-state index in [9.17, 15) is 0 Å². The van der Waals surface area contributed by atoms with Crippen LogP contribution in [0.3, 0.4) is 0 Å². The Hall–Kier alpha value is -0.500. The van der Waals surface area contributed by atoms with Crippen LogP contribution in [0.15, 0.2) is 16.6 Å². The second-order valence-electron chi connectivity index (χ2n) is 4.98. The lowest BCUT2D eigenvalue weighted by molar-refractivity contribution is 0.302. The van der Waals surface area contributed by atoms with E-state index in [1.807, 2.05) is 0 Å². The number of hydrogen-bond donors (Lipinski definition) is 0. The van der Waals surface area contributed by atoms with Gasteiger partial charge in [-0.2, -0.15) is 0 Å². The SMILES string of the molecule is CCCCCCCCOc1cc(C)c(Br)cc1C. The largest absolute Gasteiger partial charge is 0.493 e. The Morgan fingerprint density at radius 3 is 2.33 bits per heavy atom. The molecular weight excluding hydrogens is 288 g/mol. The summed E-state index contributed by atoms with van der Waals surface area (Å²) in [6.45, 7) is 7.29. The second-order valence-corrected chi connectivity index (χ2v) is 5.84. The fraction of sp³-hybridized carbons (Fsp3) is 0.625. The van der Waals surface area contributed by atoms with Crippen LogP contribution < -0.4 is 4.74 Å². The summed E-state index contributed by atoms with van der Waals surface area (Å²) < 4.78 is 7.02. The van der Waals surface area contributed by atoms with Gasteiger partial charge >= 0.3 is 0 Å². The Morgan fingerprint density at radius 1 is 0.944 bits per heavy atom. The monoisotopic (exact) mass is 312 g/mol. The van der Waals surface area contributed by atoms with Crippen LogP contribution in [0.25, 0.3) is 0 Å². The van der Waals surface area contributed by atoms with Gasteiger partial charge in [0.15, 0.2) is 0 Å². The van der Waals surface area contributed by atoms with Crippen molar-refractivity contribution in [1.82, 2.24) is 0 Å². The van der Waals surface area contributed by atoms with Gasteiger partial charge in [0.05, 0.1) is 6.61 Å². The molecule has 0 saturated carbocycles. The number of hydrogen-bond acceptors (Lipinski definition) is 1. The lowest BCUT2D eigenvalue weighted by Crippen LogP contribution is -1.99. The number of benzene rings is 1. The maximum absolute atomic E-state index is 5.86. The van der Waals surface area contributed by atoms with Crippen molar-refractivity contribution in [3.8, 4) is 5.75 Å². The van der Waals surface area contributed by atoms with Crippen LogP contribution in [-0.2, 0) is 0 Å². The molecule has 0 spiro atoms. The summed E-state index contributed by atoms with van der Waals surface area (Å²) in [7, 11) is 0. The quantitative estimate of drug-likeness (QED) is 0.551. The molecule has 102 valence electrons. The van der Waals surface area contributed by atoms with Gasteiger partial charge < -0.3 is 4.74 Å². The fourth-order valence-corrected chi connectivity index (χ4v) is 2.43. The molecule has 0 N–H and O–H groups in total. The maximum Gasteiger partial charge on any atom is 0.122 e. The average Bonchev–Trinajstić information content (AvgIpc) is 2.34. The third kappa shape index (κ3) is 5.43. The van der Waals surface area contributed by atoms with E-state index in [0.717, 1.165) is 23.2 Å². The van der Waals surface area contributed by atoms with Gasteiger partial charge in [0, 0.05) is 4.47 Å². The molecule has 1 aromatic rings. The van der Waals surface area contributed by atoms with Crippen molar-refractivity contribution in [1.29, 1.82) is 0 Å². The number of unbranched alkanes of at least 4 members (excludes halogenated alkanes) is 5. The normalized spacial score (nSPS) is 10.7. The molecule has 0 aliphatic rings. The summed E-state index contributed by atoms with van der Waals surface area (Å²) in [5.41, 5.74) is 2.44. The summed E-state index contributed by atoms with van der Waals surface area (Å²) in [4.78, 5) is 0. The van der Waals surface area contributed by atoms with Crippen molar-refractivity contribution in [2.45, 2.75) is 59.3 Å². The minimum atomic E-state index is 0.841. The Morgan fingerprint density at radius 2 is 1.61 bits per heavy atom. The van der Waals surface area contributed by atoms with Gasteiger partial charge in [-0.05, 0) is 43.5 Å². The van der Waals surface area contributed by atoms with E-state index < -0.39 is 0 Å². The fourth-order valence-electron chi connectivity index (χ4n) is 1.97. The molecule has 0 heterocycles. The summed E-state index contributed by atoms with van der Waals surface area (Å²) >= 11 is 3.54. The molecule has 1 nitrogen and oxygen atoms in total. The van der Waals surface area contributed by atoms with Crippen LogP contribution in [0.1, 0.15) is 56.6 Å². The predicted molar refractivity (Wildman–Crippen MR) is 82.5 cm³/mol. The zero-order valence-corrected chi connectivity index (χ0v) is 13.5. The van der Waals surface area contributed by atoms with Crippen molar-refractivity contribution in [3.63, 3.8) is 0 Å². The third-order valence-corrected chi connectivity index (χ3v) is 4.07. The van der Waals surface area contributed by atoms with Crippen molar-refractivity contribution >= 4 is 15.9 Å². The minimum Gasteiger partial charge on any atom is -0.493 e. The first-order valence-electron chi connectivity index (χ1n) is 7.04. The molecular formula is C16H25BrO. The smallest absolute Gasteiger partial charge is 0.122 e. The molecule has 0 unspecified atom stereocenters. The van der Waals surface area contributed by atoms with Gasteiger partial charge in [-0.25, -0.2) is 0 Å². The van der Waals surface area contributed by atoms with E-state index >= 15 is 0 Å². The molecule has 0 saturated heterocycles. The average molecular weight is 313 g/mol. The standard InChI is InChI=1S/C16H25BrO/c1-4-5-6-7-8-9-10-18-16-12-13(2)15(17)11-14(16)3/h11-12H,4-10H2,1-3H3. The molecule has 0 aromatic heterocycles.